The fourth-order valence-corrected chi connectivity index (χ4v) is 4.17. The molecule has 0 aliphatic carbocycles. The SMILES string of the molecule is O=C(Oc1ccc2nc(-c3ccccc3)c(-c3ccccc3)nc2c1)c1ccc2ccccc2c1. The van der Waals surface area contributed by atoms with Gasteiger partial charge in [0, 0.05) is 17.2 Å². The van der Waals surface area contributed by atoms with Crippen molar-refractivity contribution in [3.05, 3.63) is 127 Å². The lowest BCUT2D eigenvalue weighted by Crippen LogP contribution is -2.08. The van der Waals surface area contributed by atoms with Crippen LogP contribution in [0.15, 0.2) is 121 Å². The molecule has 35 heavy (non-hydrogen) atoms. The Morgan fingerprint density at radius 3 is 1.83 bits per heavy atom. The normalized spacial score (nSPS) is 11.0. The number of esters is 1. The minimum absolute atomic E-state index is 0.410. The maximum atomic E-state index is 12.9. The zero-order chi connectivity index (χ0) is 23.6. The van der Waals surface area contributed by atoms with Crippen molar-refractivity contribution in [3.8, 4) is 28.3 Å². The van der Waals surface area contributed by atoms with E-state index in [9.17, 15) is 4.79 Å². The summed E-state index contributed by atoms with van der Waals surface area (Å²) in [5, 5.41) is 2.07. The first-order valence-corrected chi connectivity index (χ1v) is 11.4. The molecular formula is C31H20N2O2. The molecule has 0 amide bonds. The Morgan fingerprint density at radius 2 is 1.14 bits per heavy atom. The Kier molecular flexibility index (Phi) is 5.24. The highest BCUT2D eigenvalue weighted by atomic mass is 16.5. The summed E-state index contributed by atoms with van der Waals surface area (Å²) in [4.78, 5) is 22.7. The molecule has 0 fully saturated rings. The molecule has 0 bridgehead atoms. The maximum absolute atomic E-state index is 12.9. The second kappa shape index (κ2) is 8.84. The van der Waals surface area contributed by atoms with Crippen LogP contribution in [0, 0.1) is 0 Å². The number of hydrogen-bond acceptors (Lipinski definition) is 4. The fourth-order valence-electron chi connectivity index (χ4n) is 4.17. The van der Waals surface area contributed by atoms with Crippen LogP contribution in [-0.2, 0) is 0 Å². The lowest BCUT2D eigenvalue weighted by Gasteiger charge is -2.11. The third kappa shape index (κ3) is 4.13. The van der Waals surface area contributed by atoms with Gasteiger partial charge in [-0.3, -0.25) is 0 Å². The number of hydrogen-bond donors (Lipinski definition) is 0. The van der Waals surface area contributed by atoms with Gasteiger partial charge in [0.15, 0.2) is 0 Å². The Hall–Kier alpha value is -4.83. The van der Waals surface area contributed by atoms with Crippen molar-refractivity contribution in [2.75, 3.05) is 0 Å². The summed E-state index contributed by atoms with van der Waals surface area (Å²) in [6.45, 7) is 0. The number of rotatable bonds is 4. The largest absolute Gasteiger partial charge is 0.423 e. The van der Waals surface area contributed by atoms with E-state index in [-0.39, 0.29) is 0 Å². The summed E-state index contributed by atoms with van der Waals surface area (Å²) in [6.07, 6.45) is 0. The quantitative estimate of drug-likeness (QED) is 0.207. The second-order valence-electron chi connectivity index (χ2n) is 8.25. The van der Waals surface area contributed by atoms with E-state index < -0.39 is 5.97 Å². The van der Waals surface area contributed by atoms with E-state index in [1.165, 1.54) is 0 Å². The van der Waals surface area contributed by atoms with Gasteiger partial charge in [-0.15, -0.1) is 0 Å². The first-order valence-electron chi connectivity index (χ1n) is 11.4. The van der Waals surface area contributed by atoms with E-state index in [2.05, 4.69) is 0 Å². The molecule has 1 heterocycles. The molecule has 0 saturated heterocycles. The summed E-state index contributed by atoms with van der Waals surface area (Å²) < 4.78 is 5.71. The zero-order valence-corrected chi connectivity index (χ0v) is 18.8. The fraction of sp³-hybridized carbons (Fsp3) is 0. The predicted molar refractivity (Wildman–Crippen MR) is 139 cm³/mol. The van der Waals surface area contributed by atoms with Gasteiger partial charge in [-0.05, 0) is 35.0 Å². The number of carbonyl (C=O) groups excluding carboxylic acids is 1. The van der Waals surface area contributed by atoms with Gasteiger partial charge in [-0.1, -0.05) is 91.0 Å². The Balaban J connectivity index is 1.39. The molecule has 0 atom stereocenters. The Labute approximate surface area is 202 Å². The van der Waals surface area contributed by atoms with Crippen LogP contribution in [0.3, 0.4) is 0 Å². The third-order valence-corrected chi connectivity index (χ3v) is 5.93. The van der Waals surface area contributed by atoms with Crippen LogP contribution < -0.4 is 4.74 Å². The molecular weight excluding hydrogens is 432 g/mol. The number of ether oxygens (including phenoxy) is 1. The van der Waals surface area contributed by atoms with Gasteiger partial charge in [-0.2, -0.15) is 0 Å². The molecule has 0 radical (unpaired) electrons. The third-order valence-electron chi connectivity index (χ3n) is 5.93. The minimum Gasteiger partial charge on any atom is -0.423 e. The Morgan fingerprint density at radius 1 is 0.543 bits per heavy atom. The van der Waals surface area contributed by atoms with Crippen molar-refractivity contribution < 1.29 is 9.53 Å². The van der Waals surface area contributed by atoms with Crippen molar-refractivity contribution in [3.63, 3.8) is 0 Å². The monoisotopic (exact) mass is 452 g/mol. The number of aromatic nitrogens is 2. The smallest absolute Gasteiger partial charge is 0.343 e. The molecule has 166 valence electrons. The van der Waals surface area contributed by atoms with Gasteiger partial charge in [0.1, 0.15) is 5.75 Å². The van der Waals surface area contributed by atoms with Gasteiger partial charge in [0.05, 0.1) is 28.0 Å². The topological polar surface area (TPSA) is 52.1 Å². The van der Waals surface area contributed by atoms with E-state index in [4.69, 9.17) is 14.7 Å². The first kappa shape index (κ1) is 20.8. The lowest BCUT2D eigenvalue weighted by molar-refractivity contribution is 0.0735. The van der Waals surface area contributed by atoms with E-state index in [0.29, 0.717) is 16.8 Å². The van der Waals surface area contributed by atoms with E-state index in [1.54, 1.807) is 18.2 Å². The minimum atomic E-state index is -0.410. The molecule has 4 heteroatoms. The van der Waals surface area contributed by atoms with Crippen molar-refractivity contribution in [1.29, 1.82) is 0 Å². The van der Waals surface area contributed by atoms with Crippen LogP contribution in [0.1, 0.15) is 10.4 Å². The maximum Gasteiger partial charge on any atom is 0.343 e. The standard InChI is InChI=1S/C31H20N2O2/c34-31(25-16-15-21-9-7-8-14-24(21)19-25)35-26-17-18-27-28(20-26)33-30(23-12-5-2-6-13-23)29(32-27)22-10-3-1-4-11-22/h1-20H. The van der Waals surface area contributed by atoms with Crippen LogP contribution in [0.25, 0.3) is 44.3 Å². The molecule has 0 spiro atoms. The van der Waals surface area contributed by atoms with Crippen molar-refractivity contribution >= 4 is 27.8 Å². The molecule has 0 aliphatic rings. The number of fused-ring (bicyclic) bond motifs is 2. The number of benzene rings is 5. The summed E-state index contributed by atoms with van der Waals surface area (Å²) in [5.74, 6) is 0.0173. The molecule has 1 aromatic heterocycles. The van der Waals surface area contributed by atoms with Crippen LogP contribution >= 0.6 is 0 Å². The van der Waals surface area contributed by atoms with E-state index in [1.807, 2.05) is 103 Å². The molecule has 6 rings (SSSR count). The highest BCUT2D eigenvalue weighted by Crippen LogP contribution is 2.32. The predicted octanol–water partition coefficient (Wildman–Crippen LogP) is 7.34. The van der Waals surface area contributed by atoms with Crippen molar-refractivity contribution in [1.82, 2.24) is 9.97 Å². The summed E-state index contributed by atoms with van der Waals surface area (Å²) in [7, 11) is 0. The average Bonchev–Trinajstić information content (AvgIpc) is 2.93. The van der Waals surface area contributed by atoms with Gasteiger partial charge < -0.3 is 4.74 Å². The van der Waals surface area contributed by atoms with Gasteiger partial charge in [-0.25, -0.2) is 14.8 Å². The molecule has 0 N–H and O–H groups in total. The highest BCUT2D eigenvalue weighted by Gasteiger charge is 2.15. The molecule has 0 aliphatic heterocycles. The van der Waals surface area contributed by atoms with Crippen LogP contribution in [0.4, 0.5) is 0 Å². The molecule has 0 unspecified atom stereocenters. The Bertz CT molecular complexity index is 1680. The van der Waals surface area contributed by atoms with Gasteiger partial charge in [0.25, 0.3) is 0 Å². The van der Waals surface area contributed by atoms with E-state index in [0.717, 1.165) is 38.8 Å². The van der Waals surface area contributed by atoms with Crippen LogP contribution in [0.5, 0.6) is 5.75 Å². The number of nitrogens with zero attached hydrogens (tertiary/aromatic N) is 2. The number of carbonyl (C=O) groups is 1. The molecule has 0 saturated carbocycles. The van der Waals surface area contributed by atoms with Crippen LogP contribution in [0.2, 0.25) is 0 Å². The summed E-state index contributed by atoms with van der Waals surface area (Å²) in [5.41, 5.74) is 5.44. The van der Waals surface area contributed by atoms with Gasteiger partial charge in [0.2, 0.25) is 0 Å². The first-order chi connectivity index (χ1) is 17.2. The lowest BCUT2D eigenvalue weighted by atomic mass is 10.0. The molecule has 4 nitrogen and oxygen atoms in total. The van der Waals surface area contributed by atoms with E-state index >= 15 is 0 Å². The van der Waals surface area contributed by atoms with Crippen LogP contribution in [-0.4, -0.2) is 15.9 Å². The summed E-state index contributed by atoms with van der Waals surface area (Å²) >= 11 is 0. The zero-order valence-electron chi connectivity index (χ0n) is 18.8. The summed E-state index contributed by atoms with van der Waals surface area (Å²) in [6, 6.07) is 38.8. The molecule has 6 aromatic rings. The van der Waals surface area contributed by atoms with Gasteiger partial charge >= 0.3 is 5.97 Å². The average molecular weight is 453 g/mol. The van der Waals surface area contributed by atoms with Crippen molar-refractivity contribution in [2.24, 2.45) is 0 Å². The molecule has 5 aromatic carbocycles. The highest BCUT2D eigenvalue weighted by molar-refractivity contribution is 5.97. The van der Waals surface area contributed by atoms with Crippen molar-refractivity contribution in [2.45, 2.75) is 0 Å². The second-order valence-corrected chi connectivity index (χ2v) is 8.25.